The summed E-state index contributed by atoms with van der Waals surface area (Å²) < 4.78 is 37.7. The highest BCUT2D eigenvalue weighted by molar-refractivity contribution is 7.89. The average Bonchev–Trinajstić information content (AvgIpc) is 2.53. The molecule has 23 heavy (non-hydrogen) atoms. The molecule has 132 valence electrons. The molecule has 0 amide bonds. The van der Waals surface area contributed by atoms with Crippen molar-refractivity contribution in [3.05, 3.63) is 18.2 Å². The van der Waals surface area contributed by atoms with E-state index in [0.29, 0.717) is 24.1 Å². The Labute approximate surface area is 139 Å². The van der Waals surface area contributed by atoms with Crippen LogP contribution < -0.4 is 14.2 Å². The Kier molecular flexibility index (Phi) is 7.81. The molecule has 0 aliphatic carbocycles. The van der Waals surface area contributed by atoms with Gasteiger partial charge in [0.1, 0.15) is 16.4 Å². The number of benzene rings is 1. The number of methoxy groups -OCH3 is 2. The molecule has 0 atom stereocenters. The summed E-state index contributed by atoms with van der Waals surface area (Å²) >= 11 is 0. The smallest absolute Gasteiger partial charge is 0.244 e. The third-order valence-corrected chi connectivity index (χ3v) is 5.25. The minimum absolute atomic E-state index is 0.0960. The molecule has 0 radical (unpaired) electrons. The van der Waals surface area contributed by atoms with Gasteiger partial charge in [-0.05, 0) is 52.4 Å². The van der Waals surface area contributed by atoms with Gasteiger partial charge in [-0.25, -0.2) is 13.1 Å². The number of rotatable bonds is 10. The van der Waals surface area contributed by atoms with E-state index in [1.807, 2.05) is 0 Å². The monoisotopic (exact) mass is 344 g/mol. The summed E-state index contributed by atoms with van der Waals surface area (Å²) in [6, 6.07) is 5.21. The summed E-state index contributed by atoms with van der Waals surface area (Å²) in [6.07, 6.45) is 1.72. The van der Waals surface area contributed by atoms with Crippen LogP contribution in [0.25, 0.3) is 0 Å². The lowest BCUT2D eigenvalue weighted by Gasteiger charge is -2.20. The zero-order valence-electron chi connectivity index (χ0n) is 14.6. The molecular formula is C16H28N2O4S. The van der Waals surface area contributed by atoms with Gasteiger partial charge < -0.3 is 14.4 Å². The maximum Gasteiger partial charge on any atom is 0.244 e. The van der Waals surface area contributed by atoms with Gasteiger partial charge in [0.15, 0.2) is 0 Å². The van der Waals surface area contributed by atoms with E-state index < -0.39 is 10.0 Å². The van der Waals surface area contributed by atoms with Crippen LogP contribution in [0.15, 0.2) is 23.1 Å². The van der Waals surface area contributed by atoms with Crippen molar-refractivity contribution >= 4 is 10.0 Å². The lowest BCUT2D eigenvalue weighted by atomic mass is 10.2. The van der Waals surface area contributed by atoms with Crippen LogP contribution in [-0.4, -0.2) is 53.7 Å². The molecule has 0 unspecified atom stereocenters. The fourth-order valence-electron chi connectivity index (χ4n) is 2.02. The van der Waals surface area contributed by atoms with Crippen molar-refractivity contribution in [1.29, 1.82) is 0 Å². The van der Waals surface area contributed by atoms with Gasteiger partial charge in [-0.3, -0.25) is 0 Å². The average molecular weight is 344 g/mol. The van der Waals surface area contributed by atoms with Gasteiger partial charge in [-0.1, -0.05) is 0 Å². The number of unbranched alkanes of at least 4 members (excludes halogenated alkanes) is 1. The van der Waals surface area contributed by atoms with E-state index in [4.69, 9.17) is 9.47 Å². The van der Waals surface area contributed by atoms with Gasteiger partial charge in [-0.2, -0.15) is 0 Å². The second-order valence-electron chi connectivity index (χ2n) is 5.70. The molecule has 0 aliphatic heterocycles. The topological polar surface area (TPSA) is 67.9 Å². The molecular weight excluding hydrogens is 316 g/mol. The third-order valence-electron chi connectivity index (χ3n) is 3.77. The van der Waals surface area contributed by atoms with E-state index >= 15 is 0 Å². The van der Waals surface area contributed by atoms with E-state index in [1.165, 1.54) is 20.3 Å². The van der Waals surface area contributed by atoms with Gasteiger partial charge in [0.25, 0.3) is 0 Å². The first-order valence-corrected chi connectivity index (χ1v) is 9.22. The lowest BCUT2D eigenvalue weighted by Crippen LogP contribution is -2.29. The zero-order valence-corrected chi connectivity index (χ0v) is 15.4. The molecule has 0 fully saturated rings. The van der Waals surface area contributed by atoms with E-state index in [0.717, 1.165) is 19.4 Å². The van der Waals surface area contributed by atoms with E-state index in [2.05, 4.69) is 30.5 Å². The number of nitrogens with one attached hydrogen (secondary N) is 1. The predicted octanol–water partition coefficient (Wildman–Crippen LogP) is 2.10. The summed E-state index contributed by atoms with van der Waals surface area (Å²) in [6.45, 7) is 5.62. The van der Waals surface area contributed by atoms with Crippen LogP contribution in [0.3, 0.4) is 0 Å². The summed E-state index contributed by atoms with van der Waals surface area (Å²) in [5, 5.41) is 0. The first-order chi connectivity index (χ1) is 10.8. The van der Waals surface area contributed by atoms with Gasteiger partial charge in [0.05, 0.1) is 14.2 Å². The van der Waals surface area contributed by atoms with E-state index in [-0.39, 0.29) is 4.90 Å². The van der Waals surface area contributed by atoms with Crippen molar-refractivity contribution in [2.75, 3.05) is 34.4 Å². The summed E-state index contributed by atoms with van der Waals surface area (Å²) in [5.74, 6) is 0.780. The quantitative estimate of drug-likeness (QED) is 0.658. The second-order valence-corrected chi connectivity index (χ2v) is 7.43. The molecule has 0 heterocycles. The molecule has 7 heteroatoms. The van der Waals surface area contributed by atoms with Gasteiger partial charge >= 0.3 is 0 Å². The van der Waals surface area contributed by atoms with Crippen molar-refractivity contribution in [1.82, 2.24) is 9.62 Å². The molecule has 0 aromatic heterocycles. The third kappa shape index (κ3) is 6.01. The summed E-state index contributed by atoms with van der Waals surface area (Å²) in [7, 11) is 1.39. The fourth-order valence-corrected chi connectivity index (χ4v) is 3.28. The Bertz CT molecular complexity index is 588. The minimum Gasteiger partial charge on any atom is -0.497 e. The molecule has 6 nitrogen and oxygen atoms in total. The van der Waals surface area contributed by atoms with Crippen LogP contribution >= 0.6 is 0 Å². The Balaban J connectivity index is 2.62. The van der Waals surface area contributed by atoms with Crippen LogP contribution in [0, 0.1) is 0 Å². The normalized spacial score (nSPS) is 12.0. The van der Waals surface area contributed by atoms with Crippen LogP contribution in [0.5, 0.6) is 11.5 Å². The minimum atomic E-state index is -3.62. The number of sulfonamides is 1. The fraction of sp³-hybridized carbons (Fsp3) is 0.625. The molecule has 0 saturated carbocycles. The predicted molar refractivity (Wildman–Crippen MR) is 91.7 cm³/mol. The summed E-state index contributed by atoms with van der Waals surface area (Å²) in [4.78, 5) is 2.33. The number of nitrogens with zero attached hydrogens (tertiary/aromatic N) is 1. The highest BCUT2D eigenvalue weighted by Gasteiger charge is 2.20. The number of ether oxygens (including phenoxy) is 2. The highest BCUT2D eigenvalue weighted by Crippen LogP contribution is 2.27. The van der Waals surface area contributed by atoms with Crippen molar-refractivity contribution in [2.24, 2.45) is 0 Å². The molecule has 1 aromatic rings. The van der Waals surface area contributed by atoms with Gasteiger partial charge in [0, 0.05) is 18.7 Å². The Morgan fingerprint density at radius 1 is 1.17 bits per heavy atom. The van der Waals surface area contributed by atoms with E-state index in [9.17, 15) is 8.42 Å². The molecule has 1 rings (SSSR count). The van der Waals surface area contributed by atoms with Crippen molar-refractivity contribution in [2.45, 2.75) is 37.6 Å². The largest absolute Gasteiger partial charge is 0.497 e. The maximum absolute atomic E-state index is 12.4. The second kappa shape index (κ2) is 9.10. The van der Waals surface area contributed by atoms with Crippen LogP contribution in [0.2, 0.25) is 0 Å². The standard InChI is InChI=1S/C16H28N2O4S/c1-13(2)18(3)11-7-6-10-17-23(19,20)16-12-14(21-4)8-9-15(16)22-5/h8-9,12-13,17H,6-7,10-11H2,1-5H3. The van der Waals surface area contributed by atoms with E-state index in [1.54, 1.807) is 12.1 Å². The SMILES string of the molecule is COc1ccc(OC)c(S(=O)(=O)NCCCCN(C)C(C)C)c1. The first-order valence-electron chi connectivity index (χ1n) is 7.73. The van der Waals surface area contributed by atoms with Crippen molar-refractivity contribution in [3.63, 3.8) is 0 Å². The lowest BCUT2D eigenvalue weighted by molar-refractivity contribution is 0.268. The van der Waals surface area contributed by atoms with Gasteiger partial charge in [-0.15, -0.1) is 0 Å². The molecule has 0 spiro atoms. The molecule has 0 saturated heterocycles. The van der Waals surface area contributed by atoms with Crippen molar-refractivity contribution < 1.29 is 17.9 Å². The Hall–Kier alpha value is -1.31. The molecule has 1 N–H and O–H groups in total. The highest BCUT2D eigenvalue weighted by atomic mass is 32.2. The Morgan fingerprint density at radius 2 is 1.87 bits per heavy atom. The molecule has 0 bridgehead atoms. The summed E-state index contributed by atoms with van der Waals surface area (Å²) in [5.41, 5.74) is 0. The zero-order chi connectivity index (χ0) is 17.5. The maximum atomic E-state index is 12.4. The number of hydrogen-bond acceptors (Lipinski definition) is 5. The molecule has 1 aromatic carbocycles. The number of hydrogen-bond donors (Lipinski definition) is 1. The first kappa shape index (κ1) is 19.7. The molecule has 0 aliphatic rings. The van der Waals surface area contributed by atoms with Crippen LogP contribution in [0.1, 0.15) is 26.7 Å². The Morgan fingerprint density at radius 3 is 2.43 bits per heavy atom. The van der Waals surface area contributed by atoms with Gasteiger partial charge in [0.2, 0.25) is 10.0 Å². The van der Waals surface area contributed by atoms with Crippen molar-refractivity contribution in [3.8, 4) is 11.5 Å². The van der Waals surface area contributed by atoms with Crippen LogP contribution in [-0.2, 0) is 10.0 Å². The van der Waals surface area contributed by atoms with Crippen LogP contribution in [0.4, 0.5) is 0 Å².